The molecule has 0 radical (unpaired) electrons. The van der Waals surface area contributed by atoms with E-state index in [2.05, 4.69) is 20.1 Å². The van der Waals surface area contributed by atoms with Gasteiger partial charge in [0.15, 0.2) is 0 Å². The monoisotopic (exact) mass is 462 g/mol. The topological polar surface area (TPSA) is 72.8 Å². The average molecular weight is 463 g/mol. The number of carbonyl (C=O) groups excluding carboxylic acids is 2. The van der Waals surface area contributed by atoms with Crippen molar-refractivity contribution in [2.45, 2.75) is 103 Å². The second kappa shape index (κ2) is 14.6. The van der Waals surface area contributed by atoms with E-state index in [1.54, 1.807) is 6.92 Å². The van der Waals surface area contributed by atoms with Crippen LogP contribution < -0.4 is 0 Å². The number of hydrogen-bond acceptors (Lipinski definition) is 5. The van der Waals surface area contributed by atoms with Gasteiger partial charge in [-0.1, -0.05) is 71.4 Å². The van der Waals surface area contributed by atoms with Crippen molar-refractivity contribution in [1.82, 2.24) is 0 Å². The van der Waals surface area contributed by atoms with E-state index in [9.17, 15) is 9.59 Å². The molecule has 0 saturated heterocycles. The molecule has 2 rings (SSSR count). The van der Waals surface area contributed by atoms with Gasteiger partial charge in [-0.05, 0) is 62.7 Å². The van der Waals surface area contributed by atoms with Crippen molar-refractivity contribution in [3.63, 3.8) is 0 Å². The highest BCUT2D eigenvalue weighted by atomic mass is 16.6. The number of carbonyl (C=O) groups is 2. The molecule has 0 amide bonds. The molecule has 0 aliphatic heterocycles. The lowest BCUT2D eigenvalue weighted by atomic mass is 9.68. The van der Waals surface area contributed by atoms with Gasteiger partial charge in [0.1, 0.15) is 12.7 Å². The Labute approximate surface area is 201 Å². The lowest BCUT2D eigenvalue weighted by Crippen LogP contribution is -2.31. The Bertz CT molecular complexity index is 639. The van der Waals surface area contributed by atoms with Gasteiger partial charge in [-0.3, -0.25) is 0 Å². The van der Waals surface area contributed by atoms with Crippen LogP contribution >= 0.6 is 0 Å². The summed E-state index contributed by atoms with van der Waals surface area (Å²) in [5.74, 6) is 2.03. The summed E-state index contributed by atoms with van der Waals surface area (Å²) in [7, 11) is 0. The van der Waals surface area contributed by atoms with Crippen LogP contribution in [0.4, 0.5) is 0 Å². The molecule has 0 heterocycles. The van der Waals surface area contributed by atoms with Gasteiger partial charge in [-0.2, -0.15) is 0 Å². The van der Waals surface area contributed by atoms with Crippen LogP contribution in [0, 0.1) is 23.7 Å². The molecule has 2 saturated carbocycles. The van der Waals surface area contributed by atoms with E-state index < -0.39 is 24.6 Å². The fraction of sp³-hybridized carbons (Fsp3) is 0.786. The Hall–Kier alpha value is -1.62. The maximum Gasteiger partial charge on any atom is 0.335 e. The number of esters is 2. The fourth-order valence-corrected chi connectivity index (χ4v) is 5.64. The van der Waals surface area contributed by atoms with Crippen molar-refractivity contribution in [3.05, 3.63) is 24.3 Å². The number of hydrogen-bond donors (Lipinski definition) is 1. The maximum absolute atomic E-state index is 12.1. The minimum Gasteiger partial charge on any atom is -0.458 e. The molecule has 2 aliphatic carbocycles. The number of aliphatic hydroxyl groups is 1. The molecule has 1 N–H and O–H groups in total. The molecular weight excluding hydrogens is 416 g/mol. The molecule has 0 spiro atoms. The molecule has 5 nitrogen and oxygen atoms in total. The van der Waals surface area contributed by atoms with Crippen molar-refractivity contribution in [2.24, 2.45) is 23.7 Å². The van der Waals surface area contributed by atoms with E-state index >= 15 is 0 Å². The molecular formula is C28H46O5. The van der Waals surface area contributed by atoms with Gasteiger partial charge in [0.25, 0.3) is 0 Å². The summed E-state index contributed by atoms with van der Waals surface area (Å²) in [6, 6.07) is 0. The van der Waals surface area contributed by atoms with Gasteiger partial charge in [-0.15, -0.1) is 0 Å². The largest absolute Gasteiger partial charge is 0.458 e. The third-order valence-electron chi connectivity index (χ3n) is 7.76. The van der Waals surface area contributed by atoms with Crippen molar-refractivity contribution in [2.75, 3.05) is 13.2 Å². The minimum atomic E-state index is -0.650. The first-order valence-electron chi connectivity index (χ1n) is 13.2. The lowest BCUT2D eigenvalue weighted by Gasteiger charge is -2.38. The van der Waals surface area contributed by atoms with Gasteiger partial charge >= 0.3 is 11.9 Å². The quantitative estimate of drug-likeness (QED) is 0.202. The Balaban J connectivity index is 1.78. The molecule has 0 aromatic rings. The van der Waals surface area contributed by atoms with E-state index in [0.29, 0.717) is 17.9 Å². The zero-order valence-corrected chi connectivity index (χ0v) is 21.0. The molecule has 33 heavy (non-hydrogen) atoms. The second-order valence-electron chi connectivity index (χ2n) is 10.5. The molecule has 1 atom stereocenters. The Kier molecular flexibility index (Phi) is 12.2. The lowest BCUT2D eigenvalue weighted by molar-refractivity contribution is -0.155. The molecule has 188 valence electrons. The number of rotatable bonds is 13. The molecule has 0 aromatic heterocycles. The van der Waals surface area contributed by atoms with Crippen LogP contribution in [0.15, 0.2) is 24.3 Å². The fourth-order valence-electron chi connectivity index (χ4n) is 5.64. The van der Waals surface area contributed by atoms with Crippen LogP contribution in [-0.4, -0.2) is 36.4 Å². The van der Waals surface area contributed by atoms with Crippen molar-refractivity contribution in [1.29, 1.82) is 0 Å². The first-order chi connectivity index (χ1) is 15.8. The predicted molar refractivity (Wildman–Crippen MR) is 132 cm³/mol. The summed E-state index contributed by atoms with van der Waals surface area (Å²) in [6.07, 6.45) is 16.1. The van der Waals surface area contributed by atoms with Crippen LogP contribution in [0.3, 0.4) is 0 Å². The van der Waals surface area contributed by atoms with Crippen LogP contribution in [0.2, 0.25) is 0 Å². The summed E-state index contributed by atoms with van der Waals surface area (Å²) in [5.41, 5.74) is 0.334. The normalized spacial score (nSPS) is 26.3. The highest BCUT2D eigenvalue weighted by Crippen LogP contribution is 2.43. The molecule has 0 aromatic carbocycles. The number of aliphatic hydroxyl groups excluding tert-OH is 1. The Morgan fingerprint density at radius 3 is 2.00 bits per heavy atom. The highest BCUT2D eigenvalue weighted by Gasteiger charge is 2.32. The van der Waals surface area contributed by atoms with E-state index in [1.807, 2.05) is 0 Å². The van der Waals surface area contributed by atoms with Gasteiger partial charge in [0.05, 0.1) is 12.2 Å². The second-order valence-corrected chi connectivity index (χ2v) is 10.5. The van der Waals surface area contributed by atoms with Crippen molar-refractivity contribution < 1.29 is 24.2 Å². The molecule has 2 aliphatic rings. The molecule has 0 bridgehead atoms. The first kappa shape index (κ1) is 27.6. The molecule has 1 unspecified atom stereocenters. The van der Waals surface area contributed by atoms with Crippen LogP contribution in [0.25, 0.3) is 0 Å². The van der Waals surface area contributed by atoms with Crippen LogP contribution in [0.5, 0.6) is 0 Å². The van der Waals surface area contributed by atoms with Gasteiger partial charge in [-0.25, -0.2) is 9.59 Å². The summed E-state index contributed by atoms with van der Waals surface area (Å²) < 4.78 is 10.8. The Morgan fingerprint density at radius 1 is 0.909 bits per heavy atom. The van der Waals surface area contributed by atoms with E-state index in [-0.39, 0.29) is 12.2 Å². The standard InChI is InChI=1S/C28H46O5/c1-5-6-7-8-22-9-13-24(14-10-22)25-15-11-23(12-16-25)17-26(33-27(30)20(2)3)19-32-28(31)21(4)18-29/h22-26,29H,2,4-19H2,1,3H3. The predicted octanol–water partition coefficient (Wildman–Crippen LogP) is 6.15. The van der Waals surface area contributed by atoms with Crippen LogP contribution in [0.1, 0.15) is 97.3 Å². The smallest absolute Gasteiger partial charge is 0.335 e. The third-order valence-corrected chi connectivity index (χ3v) is 7.76. The van der Waals surface area contributed by atoms with E-state index in [4.69, 9.17) is 14.6 Å². The molecule has 2 fully saturated rings. The van der Waals surface area contributed by atoms with Crippen molar-refractivity contribution >= 4 is 11.9 Å². The average Bonchev–Trinajstić information content (AvgIpc) is 2.82. The summed E-state index contributed by atoms with van der Waals surface area (Å²) >= 11 is 0. The van der Waals surface area contributed by atoms with E-state index in [0.717, 1.165) is 30.6 Å². The zero-order chi connectivity index (χ0) is 24.2. The van der Waals surface area contributed by atoms with Gasteiger partial charge < -0.3 is 14.6 Å². The summed E-state index contributed by atoms with van der Waals surface area (Å²) in [4.78, 5) is 23.9. The first-order valence-corrected chi connectivity index (χ1v) is 13.2. The minimum absolute atomic E-state index is 0.000528. The maximum atomic E-state index is 12.1. The third kappa shape index (κ3) is 9.64. The van der Waals surface area contributed by atoms with Gasteiger partial charge in [0.2, 0.25) is 0 Å². The Morgan fingerprint density at radius 2 is 1.48 bits per heavy atom. The summed E-state index contributed by atoms with van der Waals surface area (Å²) in [5, 5.41) is 9.05. The van der Waals surface area contributed by atoms with Crippen LogP contribution in [-0.2, 0) is 19.1 Å². The summed E-state index contributed by atoms with van der Waals surface area (Å²) in [6.45, 7) is 10.6. The molecule has 5 heteroatoms. The van der Waals surface area contributed by atoms with E-state index in [1.165, 1.54) is 64.2 Å². The zero-order valence-electron chi connectivity index (χ0n) is 21.0. The SMILES string of the molecule is C=C(C)C(=O)OC(COC(=O)C(=C)CO)CC1CCC(C2CCC(CCCCC)CC2)CC1. The highest BCUT2D eigenvalue weighted by molar-refractivity contribution is 5.88. The number of unbranched alkanes of at least 4 members (excludes halogenated alkanes) is 2. The van der Waals surface area contributed by atoms with Gasteiger partial charge in [0, 0.05) is 5.57 Å². The van der Waals surface area contributed by atoms with Crippen molar-refractivity contribution in [3.8, 4) is 0 Å². The number of ether oxygens (including phenoxy) is 2.